The Morgan fingerprint density at radius 1 is 1.00 bits per heavy atom. The Hall–Kier alpha value is -2.55. The van der Waals surface area contributed by atoms with Crippen molar-refractivity contribution in [3.8, 4) is 22.7 Å². The third-order valence-corrected chi connectivity index (χ3v) is 3.59. The quantitative estimate of drug-likeness (QED) is 0.782. The standard InChI is InChI=1S/C18H18N2O/c1-3-16-18(21)17(14-7-5-4-6-8-14)20(19-16)15-11-9-13(2)10-12-15/h4-12,21H,3H2,1-2H3. The fraction of sp³-hybridized carbons (Fsp3) is 0.167. The fourth-order valence-corrected chi connectivity index (χ4v) is 2.42. The predicted molar refractivity (Wildman–Crippen MR) is 84.8 cm³/mol. The molecule has 1 N–H and O–H groups in total. The van der Waals surface area contributed by atoms with Crippen LogP contribution in [0.1, 0.15) is 18.2 Å². The lowest BCUT2D eigenvalue weighted by Crippen LogP contribution is -1.99. The summed E-state index contributed by atoms with van der Waals surface area (Å²) in [4.78, 5) is 0. The maximum Gasteiger partial charge on any atom is 0.165 e. The van der Waals surface area contributed by atoms with Gasteiger partial charge in [-0.2, -0.15) is 5.10 Å². The van der Waals surface area contributed by atoms with E-state index in [2.05, 4.69) is 24.2 Å². The normalized spacial score (nSPS) is 10.8. The number of hydrogen-bond donors (Lipinski definition) is 1. The first-order valence-electron chi connectivity index (χ1n) is 7.14. The van der Waals surface area contributed by atoms with Gasteiger partial charge in [0.15, 0.2) is 5.75 Å². The maximum atomic E-state index is 10.5. The molecule has 2 aromatic carbocycles. The van der Waals surface area contributed by atoms with E-state index in [1.807, 2.05) is 54.1 Å². The lowest BCUT2D eigenvalue weighted by atomic mass is 10.1. The average molecular weight is 278 g/mol. The van der Waals surface area contributed by atoms with Gasteiger partial charge in [-0.3, -0.25) is 0 Å². The van der Waals surface area contributed by atoms with Gasteiger partial charge in [0.25, 0.3) is 0 Å². The monoisotopic (exact) mass is 278 g/mol. The van der Waals surface area contributed by atoms with Crippen molar-refractivity contribution in [1.82, 2.24) is 9.78 Å². The molecule has 0 aliphatic rings. The van der Waals surface area contributed by atoms with Crippen LogP contribution >= 0.6 is 0 Å². The second-order valence-corrected chi connectivity index (χ2v) is 5.11. The van der Waals surface area contributed by atoms with Crippen molar-refractivity contribution in [3.05, 3.63) is 65.9 Å². The Morgan fingerprint density at radius 3 is 2.29 bits per heavy atom. The van der Waals surface area contributed by atoms with Gasteiger partial charge in [0, 0.05) is 5.56 Å². The van der Waals surface area contributed by atoms with Gasteiger partial charge in [-0.05, 0) is 25.5 Å². The van der Waals surface area contributed by atoms with Crippen LogP contribution in [-0.4, -0.2) is 14.9 Å². The highest BCUT2D eigenvalue weighted by Crippen LogP contribution is 2.34. The molecular formula is C18H18N2O. The van der Waals surface area contributed by atoms with Crippen molar-refractivity contribution in [2.24, 2.45) is 0 Å². The van der Waals surface area contributed by atoms with E-state index in [0.29, 0.717) is 6.42 Å². The zero-order valence-corrected chi connectivity index (χ0v) is 12.2. The lowest BCUT2D eigenvalue weighted by molar-refractivity contribution is 0.471. The molecule has 0 bridgehead atoms. The van der Waals surface area contributed by atoms with E-state index in [0.717, 1.165) is 22.6 Å². The molecule has 3 heteroatoms. The Kier molecular flexibility index (Phi) is 3.48. The van der Waals surface area contributed by atoms with Gasteiger partial charge in [0.1, 0.15) is 11.4 Å². The van der Waals surface area contributed by atoms with Crippen LogP contribution in [0.2, 0.25) is 0 Å². The molecule has 0 unspecified atom stereocenters. The third kappa shape index (κ3) is 2.42. The summed E-state index contributed by atoms with van der Waals surface area (Å²) in [5.41, 5.74) is 4.58. The summed E-state index contributed by atoms with van der Waals surface area (Å²) in [5.74, 6) is 0.268. The van der Waals surface area contributed by atoms with Crippen LogP contribution in [-0.2, 0) is 6.42 Å². The number of aromatic nitrogens is 2. The molecule has 21 heavy (non-hydrogen) atoms. The summed E-state index contributed by atoms with van der Waals surface area (Å²) in [6.07, 6.45) is 0.699. The molecule has 0 aliphatic carbocycles. The van der Waals surface area contributed by atoms with Crippen molar-refractivity contribution in [3.63, 3.8) is 0 Å². The molecule has 3 nitrogen and oxygen atoms in total. The first-order valence-corrected chi connectivity index (χ1v) is 7.14. The molecule has 0 saturated carbocycles. The van der Waals surface area contributed by atoms with E-state index >= 15 is 0 Å². The highest BCUT2D eigenvalue weighted by atomic mass is 16.3. The van der Waals surface area contributed by atoms with Crippen LogP contribution in [0, 0.1) is 6.92 Å². The number of hydrogen-bond acceptors (Lipinski definition) is 2. The summed E-state index contributed by atoms with van der Waals surface area (Å²) < 4.78 is 1.82. The van der Waals surface area contributed by atoms with E-state index in [4.69, 9.17) is 0 Å². The lowest BCUT2D eigenvalue weighted by Gasteiger charge is -2.08. The van der Waals surface area contributed by atoms with Crippen molar-refractivity contribution < 1.29 is 5.11 Å². The SMILES string of the molecule is CCc1nn(-c2ccc(C)cc2)c(-c2ccccc2)c1O. The number of benzene rings is 2. The fourth-order valence-electron chi connectivity index (χ4n) is 2.42. The Morgan fingerprint density at radius 2 is 1.67 bits per heavy atom. The van der Waals surface area contributed by atoms with Crippen LogP contribution in [0.5, 0.6) is 5.75 Å². The van der Waals surface area contributed by atoms with Crippen molar-refractivity contribution in [2.75, 3.05) is 0 Å². The minimum absolute atomic E-state index is 0.268. The van der Waals surface area contributed by atoms with Crippen LogP contribution in [0.15, 0.2) is 54.6 Å². The molecule has 0 amide bonds. The largest absolute Gasteiger partial charge is 0.504 e. The molecule has 1 aromatic heterocycles. The first kappa shape index (κ1) is 13.4. The van der Waals surface area contributed by atoms with Gasteiger partial charge in [-0.15, -0.1) is 0 Å². The number of nitrogens with zero attached hydrogens (tertiary/aromatic N) is 2. The highest BCUT2D eigenvalue weighted by Gasteiger charge is 2.18. The zero-order chi connectivity index (χ0) is 14.8. The van der Waals surface area contributed by atoms with Crippen molar-refractivity contribution >= 4 is 0 Å². The molecule has 0 fully saturated rings. The van der Waals surface area contributed by atoms with Gasteiger partial charge in [0.05, 0.1) is 5.69 Å². The molecule has 0 saturated heterocycles. The van der Waals surface area contributed by atoms with Gasteiger partial charge >= 0.3 is 0 Å². The van der Waals surface area contributed by atoms with Gasteiger partial charge in [-0.1, -0.05) is 55.0 Å². The Balaban J connectivity index is 2.22. The number of aromatic hydroxyl groups is 1. The van der Waals surface area contributed by atoms with Crippen LogP contribution in [0.25, 0.3) is 16.9 Å². The number of aryl methyl sites for hydroxylation is 2. The third-order valence-electron chi connectivity index (χ3n) is 3.59. The smallest absolute Gasteiger partial charge is 0.165 e. The van der Waals surface area contributed by atoms with E-state index in [9.17, 15) is 5.11 Å². The maximum absolute atomic E-state index is 10.5. The van der Waals surface area contributed by atoms with Crippen LogP contribution < -0.4 is 0 Å². The average Bonchev–Trinajstić information content (AvgIpc) is 2.85. The van der Waals surface area contributed by atoms with E-state index in [1.165, 1.54) is 5.56 Å². The van der Waals surface area contributed by atoms with Gasteiger partial charge in [0.2, 0.25) is 0 Å². The zero-order valence-electron chi connectivity index (χ0n) is 12.2. The second kappa shape index (κ2) is 5.44. The summed E-state index contributed by atoms with van der Waals surface area (Å²) in [7, 11) is 0. The predicted octanol–water partition coefficient (Wildman–Crippen LogP) is 4.12. The Labute approximate surface area is 124 Å². The molecule has 0 spiro atoms. The summed E-state index contributed by atoms with van der Waals surface area (Å²) >= 11 is 0. The molecule has 3 rings (SSSR count). The molecule has 3 aromatic rings. The minimum atomic E-state index is 0.268. The Bertz CT molecular complexity index is 743. The molecular weight excluding hydrogens is 260 g/mol. The summed E-state index contributed by atoms with van der Waals surface area (Å²) in [6.45, 7) is 4.05. The highest BCUT2D eigenvalue weighted by molar-refractivity contribution is 5.69. The molecule has 1 heterocycles. The molecule has 106 valence electrons. The van der Waals surface area contributed by atoms with Crippen molar-refractivity contribution in [1.29, 1.82) is 0 Å². The molecule has 0 atom stereocenters. The van der Waals surface area contributed by atoms with Crippen LogP contribution in [0.3, 0.4) is 0 Å². The summed E-state index contributed by atoms with van der Waals surface area (Å²) in [5, 5.41) is 15.1. The van der Waals surface area contributed by atoms with Crippen molar-refractivity contribution in [2.45, 2.75) is 20.3 Å². The molecule has 0 aliphatic heterocycles. The second-order valence-electron chi connectivity index (χ2n) is 5.11. The van der Waals surface area contributed by atoms with Crippen LogP contribution in [0.4, 0.5) is 0 Å². The van der Waals surface area contributed by atoms with E-state index in [1.54, 1.807) is 0 Å². The number of rotatable bonds is 3. The topological polar surface area (TPSA) is 38.0 Å². The van der Waals surface area contributed by atoms with Gasteiger partial charge in [-0.25, -0.2) is 4.68 Å². The first-order chi connectivity index (χ1) is 10.2. The summed E-state index contributed by atoms with van der Waals surface area (Å²) in [6, 6.07) is 18.0. The minimum Gasteiger partial charge on any atom is -0.504 e. The van der Waals surface area contributed by atoms with Gasteiger partial charge < -0.3 is 5.11 Å². The van der Waals surface area contributed by atoms with E-state index in [-0.39, 0.29) is 5.75 Å². The van der Waals surface area contributed by atoms with E-state index < -0.39 is 0 Å². The molecule has 0 radical (unpaired) electrons.